The summed E-state index contributed by atoms with van der Waals surface area (Å²) in [6.45, 7) is 0.623. The number of nitrogens with one attached hydrogen (secondary N) is 1. The summed E-state index contributed by atoms with van der Waals surface area (Å²) in [5.74, 6) is 0.476. The van der Waals surface area contributed by atoms with Gasteiger partial charge in [0.05, 0.1) is 23.8 Å². The molecule has 0 aliphatic carbocycles. The average Bonchev–Trinajstić information content (AvgIpc) is 2.39. The van der Waals surface area contributed by atoms with Crippen molar-refractivity contribution in [1.29, 1.82) is 0 Å². The maximum atomic E-state index is 13.7. The molecule has 1 aromatic carbocycles. The fraction of sp³-hybridized carbons (Fsp3) is 0.500. The molecule has 1 rings (SSSR count). The highest BCUT2D eigenvalue weighted by atomic mass is 32.2. The summed E-state index contributed by atoms with van der Waals surface area (Å²) in [5, 5.41) is 13.6. The van der Waals surface area contributed by atoms with Crippen LogP contribution in [-0.2, 0) is 0 Å². The fourth-order valence-electron chi connectivity index (χ4n) is 1.58. The lowest BCUT2D eigenvalue weighted by Gasteiger charge is -2.09. The number of nitro benzene ring substituents is 1. The summed E-state index contributed by atoms with van der Waals surface area (Å²) in [5.41, 5.74) is -0.139. The molecule has 0 unspecified atom stereocenters. The van der Waals surface area contributed by atoms with Crippen LogP contribution >= 0.6 is 11.8 Å². The van der Waals surface area contributed by atoms with Gasteiger partial charge in [-0.25, -0.2) is 4.39 Å². The number of nitro groups is 1. The molecule has 0 spiro atoms. The zero-order valence-corrected chi connectivity index (χ0v) is 11.8. The third kappa shape index (κ3) is 4.59. The van der Waals surface area contributed by atoms with Crippen molar-refractivity contribution in [2.45, 2.75) is 12.8 Å². The zero-order chi connectivity index (χ0) is 14.3. The highest BCUT2D eigenvalue weighted by Crippen LogP contribution is 2.32. The van der Waals surface area contributed by atoms with Gasteiger partial charge < -0.3 is 10.1 Å². The molecule has 0 saturated heterocycles. The van der Waals surface area contributed by atoms with E-state index in [0.717, 1.165) is 24.7 Å². The van der Waals surface area contributed by atoms with Gasteiger partial charge in [-0.15, -0.1) is 0 Å². The van der Waals surface area contributed by atoms with E-state index < -0.39 is 10.7 Å². The van der Waals surface area contributed by atoms with Gasteiger partial charge in [-0.1, -0.05) is 0 Å². The summed E-state index contributed by atoms with van der Waals surface area (Å²) < 4.78 is 18.6. The number of hydrogen-bond acceptors (Lipinski definition) is 5. The molecular weight excluding hydrogens is 271 g/mol. The van der Waals surface area contributed by atoms with Gasteiger partial charge in [0.1, 0.15) is 0 Å². The lowest BCUT2D eigenvalue weighted by Crippen LogP contribution is -2.05. The first-order chi connectivity index (χ1) is 9.10. The molecular formula is C12H17FN2O3S. The summed E-state index contributed by atoms with van der Waals surface area (Å²) in [6.07, 6.45) is 3.99. The SMILES string of the molecule is COc1cc(NCCCCSC)c(F)cc1[N+](=O)[O-]. The molecule has 0 atom stereocenters. The predicted molar refractivity (Wildman–Crippen MR) is 75.7 cm³/mol. The topological polar surface area (TPSA) is 64.4 Å². The van der Waals surface area contributed by atoms with Gasteiger partial charge in [-0.05, 0) is 24.9 Å². The van der Waals surface area contributed by atoms with Crippen LogP contribution in [0, 0.1) is 15.9 Å². The molecule has 0 heterocycles. The third-order valence-corrected chi connectivity index (χ3v) is 3.25. The summed E-state index contributed by atoms with van der Waals surface area (Å²) in [4.78, 5) is 10.1. The standard InChI is InChI=1S/C12H17FN2O3S/c1-18-12-8-10(14-5-3-4-6-19-2)9(13)7-11(12)15(16)17/h7-8,14H,3-6H2,1-2H3. The number of nitrogens with zero attached hydrogens (tertiary/aromatic N) is 1. The van der Waals surface area contributed by atoms with Gasteiger partial charge in [0.15, 0.2) is 11.6 Å². The van der Waals surface area contributed by atoms with E-state index in [9.17, 15) is 14.5 Å². The minimum Gasteiger partial charge on any atom is -0.490 e. The van der Waals surface area contributed by atoms with Crippen LogP contribution in [0.1, 0.15) is 12.8 Å². The molecule has 1 aromatic rings. The van der Waals surface area contributed by atoms with Gasteiger partial charge in [-0.3, -0.25) is 10.1 Å². The quantitative estimate of drug-likeness (QED) is 0.452. The fourth-order valence-corrected chi connectivity index (χ4v) is 2.07. The Bertz CT molecular complexity index is 443. The van der Waals surface area contributed by atoms with E-state index in [1.54, 1.807) is 11.8 Å². The number of ether oxygens (including phenoxy) is 1. The van der Waals surface area contributed by atoms with Gasteiger partial charge in [-0.2, -0.15) is 11.8 Å². The molecule has 1 N–H and O–H groups in total. The lowest BCUT2D eigenvalue weighted by molar-refractivity contribution is -0.385. The lowest BCUT2D eigenvalue weighted by atomic mass is 10.2. The number of unbranched alkanes of at least 4 members (excludes halogenated alkanes) is 1. The summed E-state index contributed by atoms with van der Waals surface area (Å²) >= 11 is 1.77. The van der Waals surface area contributed by atoms with E-state index in [2.05, 4.69) is 5.32 Å². The highest BCUT2D eigenvalue weighted by Gasteiger charge is 2.18. The van der Waals surface area contributed by atoms with E-state index in [0.29, 0.717) is 6.54 Å². The zero-order valence-electron chi connectivity index (χ0n) is 10.9. The molecule has 0 fully saturated rings. The minimum atomic E-state index is -0.663. The van der Waals surface area contributed by atoms with Crippen LogP contribution in [0.3, 0.4) is 0 Å². The van der Waals surface area contributed by atoms with Crippen LogP contribution in [0.4, 0.5) is 15.8 Å². The van der Waals surface area contributed by atoms with E-state index in [1.807, 2.05) is 6.26 Å². The van der Waals surface area contributed by atoms with E-state index >= 15 is 0 Å². The normalized spacial score (nSPS) is 10.3. The third-order valence-electron chi connectivity index (χ3n) is 2.56. The first kappa shape index (κ1) is 15.6. The van der Waals surface area contributed by atoms with Crippen molar-refractivity contribution in [3.05, 3.63) is 28.1 Å². The highest BCUT2D eigenvalue weighted by molar-refractivity contribution is 7.98. The number of benzene rings is 1. The van der Waals surface area contributed by atoms with E-state index in [-0.39, 0.29) is 17.1 Å². The van der Waals surface area contributed by atoms with Gasteiger partial charge in [0, 0.05) is 12.6 Å². The number of anilines is 1. The second kappa shape index (κ2) is 7.83. The molecule has 106 valence electrons. The monoisotopic (exact) mass is 288 g/mol. The number of thioether (sulfide) groups is 1. The molecule has 5 nitrogen and oxygen atoms in total. The van der Waals surface area contributed by atoms with Crippen molar-refractivity contribution in [2.75, 3.05) is 31.0 Å². The minimum absolute atomic E-state index is 0.0537. The molecule has 0 radical (unpaired) electrons. The largest absolute Gasteiger partial charge is 0.490 e. The van der Waals surface area contributed by atoms with Crippen molar-refractivity contribution < 1.29 is 14.1 Å². The van der Waals surface area contributed by atoms with Gasteiger partial charge in [0.25, 0.3) is 0 Å². The summed E-state index contributed by atoms with van der Waals surface area (Å²) in [7, 11) is 1.32. The number of rotatable bonds is 8. The second-order valence-electron chi connectivity index (χ2n) is 3.89. The van der Waals surface area contributed by atoms with Crippen LogP contribution in [0.2, 0.25) is 0 Å². The molecule has 0 aliphatic rings. The molecule has 0 aromatic heterocycles. The van der Waals surface area contributed by atoms with Crippen molar-refractivity contribution in [3.8, 4) is 5.75 Å². The number of methoxy groups -OCH3 is 1. The Balaban J connectivity index is 2.71. The number of halogens is 1. The Hall–Kier alpha value is -1.50. The Morgan fingerprint density at radius 3 is 2.79 bits per heavy atom. The van der Waals surface area contributed by atoms with Crippen LogP contribution in [0.25, 0.3) is 0 Å². The maximum absolute atomic E-state index is 13.7. The Kier molecular flexibility index (Phi) is 6.41. The molecule has 0 saturated carbocycles. The Morgan fingerprint density at radius 2 is 2.21 bits per heavy atom. The predicted octanol–water partition coefficient (Wildman–Crippen LogP) is 3.30. The van der Waals surface area contributed by atoms with Crippen LogP contribution in [0.15, 0.2) is 12.1 Å². The Morgan fingerprint density at radius 1 is 1.47 bits per heavy atom. The Labute approximate surface area is 115 Å². The second-order valence-corrected chi connectivity index (χ2v) is 4.87. The summed E-state index contributed by atoms with van der Waals surface area (Å²) in [6, 6.07) is 2.20. The molecule has 0 aliphatic heterocycles. The van der Waals surface area contributed by atoms with Crippen molar-refractivity contribution in [3.63, 3.8) is 0 Å². The first-order valence-corrected chi connectivity index (χ1v) is 7.24. The average molecular weight is 288 g/mol. The van der Waals surface area contributed by atoms with E-state index in [1.165, 1.54) is 13.2 Å². The van der Waals surface area contributed by atoms with Gasteiger partial charge in [0.2, 0.25) is 0 Å². The van der Waals surface area contributed by atoms with Crippen LogP contribution in [0.5, 0.6) is 5.75 Å². The van der Waals surface area contributed by atoms with Gasteiger partial charge >= 0.3 is 5.69 Å². The van der Waals surface area contributed by atoms with E-state index in [4.69, 9.17) is 4.74 Å². The van der Waals surface area contributed by atoms with Crippen molar-refractivity contribution in [1.82, 2.24) is 0 Å². The smallest absolute Gasteiger partial charge is 0.313 e. The first-order valence-electron chi connectivity index (χ1n) is 5.85. The molecule has 19 heavy (non-hydrogen) atoms. The number of hydrogen-bond donors (Lipinski definition) is 1. The van der Waals surface area contributed by atoms with Crippen LogP contribution in [-0.4, -0.2) is 30.6 Å². The molecule has 0 bridgehead atoms. The van der Waals surface area contributed by atoms with Crippen molar-refractivity contribution >= 4 is 23.1 Å². The molecule has 7 heteroatoms. The maximum Gasteiger partial charge on any atom is 0.313 e. The van der Waals surface area contributed by atoms with Crippen LogP contribution < -0.4 is 10.1 Å². The van der Waals surface area contributed by atoms with Crippen molar-refractivity contribution in [2.24, 2.45) is 0 Å². The molecule has 0 amide bonds.